The van der Waals surface area contributed by atoms with Gasteiger partial charge in [-0.15, -0.1) is 0 Å². The Morgan fingerprint density at radius 2 is 1.76 bits per heavy atom. The molecule has 214 valence electrons. The first-order chi connectivity index (χ1) is 19.9. The number of thiocarbonyl (C=S) groups is 1. The highest BCUT2D eigenvalue weighted by Gasteiger charge is 2.48. The average Bonchev–Trinajstić information content (AvgIpc) is 3.37. The Labute approximate surface area is 249 Å². The number of methoxy groups -OCH3 is 1. The molecule has 2 aliphatic rings. The van der Waals surface area contributed by atoms with Crippen molar-refractivity contribution in [1.82, 2.24) is 15.1 Å². The van der Waals surface area contributed by atoms with Crippen LogP contribution in [0.4, 0.5) is 10.1 Å². The number of nitrogens with zero attached hydrogens (tertiary/aromatic N) is 2. The number of ether oxygens (including phenoxy) is 1. The number of amides is 2. The minimum absolute atomic E-state index is 0.0195. The fraction of sp³-hybridized carbons (Fsp3) is 0.323. The fourth-order valence-corrected chi connectivity index (χ4v) is 6.82. The molecule has 2 heterocycles. The molecule has 3 aromatic rings. The predicted molar refractivity (Wildman–Crippen MR) is 164 cm³/mol. The first-order valence-corrected chi connectivity index (χ1v) is 15.1. The Bertz CT molecular complexity index is 1380. The summed E-state index contributed by atoms with van der Waals surface area (Å²) in [7, 11) is 1.58. The van der Waals surface area contributed by atoms with Crippen LogP contribution in [0.15, 0.2) is 78.9 Å². The van der Waals surface area contributed by atoms with Crippen LogP contribution in [0.5, 0.6) is 5.75 Å². The summed E-state index contributed by atoms with van der Waals surface area (Å²) in [6.07, 6.45) is 0.907. The van der Waals surface area contributed by atoms with E-state index in [9.17, 15) is 14.0 Å². The van der Waals surface area contributed by atoms with E-state index in [0.29, 0.717) is 53.0 Å². The van der Waals surface area contributed by atoms with Crippen LogP contribution in [0, 0.1) is 5.82 Å². The Kier molecular flexibility index (Phi) is 9.09. The van der Waals surface area contributed by atoms with Crippen molar-refractivity contribution in [1.29, 1.82) is 0 Å². The summed E-state index contributed by atoms with van der Waals surface area (Å²) in [6, 6.07) is 23.4. The van der Waals surface area contributed by atoms with Gasteiger partial charge in [-0.2, -0.15) is 11.8 Å². The number of carbonyl (C=O) groups excluding carboxylic acids is 2. The summed E-state index contributed by atoms with van der Waals surface area (Å²) in [4.78, 5) is 31.7. The molecular weight excluding hydrogens is 559 g/mol. The number of nitrogens with one attached hydrogen (secondary N) is 2. The van der Waals surface area contributed by atoms with E-state index in [0.717, 1.165) is 5.56 Å². The van der Waals surface area contributed by atoms with Crippen LogP contribution in [0.1, 0.15) is 30.0 Å². The molecule has 0 unspecified atom stereocenters. The van der Waals surface area contributed by atoms with E-state index in [2.05, 4.69) is 10.6 Å². The first-order valence-electron chi connectivity index (χ1n) is 13.6. The predicted octanol–water partition coefficient (Wildman–Crippen LogP) is 5.00. The Morgan fingerprint density at radius 1 is 1.07 bits per heavy atom. The van der Waals surface area contributed by atoms with Crippen LogP contribution in [-0.2, 0) is 16.1 Å². The summed E-state index contributed by atoms with van der Waals surface area (Å²) in [5.74, 6) is 1.11. The molecule has 0 saturated carbocycles. The lowest BCUT2D eigenvalue weighted by Gasteiger charge is -2.45. The second kappa shape index (κ2) is 12.9. The smallest absolute Gasteiger partial charge is 0.250 e. The molecule has 0 bridgehead atoms. The van der Waals surface area contributed by atoms with Gasteiger partial charge in [-0.1, -0.05) is 48.5 Å². The van der Waals surface area contributed by atoms with Crippen LogP contribution < -0.4 is 15.4 Å². The number of hydrogen-bond acceptors (Lipinski definition) is 5. The lowest BCUT2D eigenvalue weighted by atomic mass is 9.87. The molecule has 2 fully saturated rings. The van der Waals surface area contributed by atoms with Gasteiger partial charge >= 0.3 is 0 Å². The molecule has 2 N–H and O–H groups in total. The van der Waals surface area contributed by atoms with Crippen molar-refractivity contribution in [2.45, 2.75) is 31.0 Å². The van der Waals surface area contributed by atoms with Gasteiger partial charge in [0, 0.05) is 24.3 Å². The van der Waals surface area contributed by atoms with Gasteiger partial charge in [0.15, 0.2) is 5.11 Å². The van der Waals surface area contributed by atoms with E-state index >= 15 is 0 Å². The van der Waals surface area contributed by atoms with Gasteiger partial charge in [-0.25, -0.2) is 4.39 Å². The molecule has 41 heavy (non-hydrogen) atoms. The van der Waals surface area contributed by atoms with Crippen molar-refractivity contribution < 1.29 is 18.7 Å². The van der Waals surface area contributed by atoms with Crippen LogP contribution in [-0.4, -0.2) is 64.0 Å². The number of thioether (sulfide) groups is 1. The van der Waals surface area contributed by atoms with Gasteiger partial charge in [-0.3, -0.25) is 9.59 Å². The molecular formula is C31H33FN4O3S2. The summed E-state index contributed by atoms with van der Waals surface area (Å²) >= 11 is 7.35. The summed E-state index contributed by atoms with van der Waals surface area (Å²) in [6.45, 7) is 0.472. The van der Waals surface area contributed by atoms with Crippen molar-refractivity contribution in [3.63, 3.8) is 0 Å². The van der Waals surface area contributed by atoms with E-state index in [1.54, 1.807) is 66.2 Å². The van der Waals surface area contributed by atoms with Gasteiger partial charge in [0.2, 0.25) is 11.8 Å². The van der Waals surface area contributed by atoms with E-state index in [4.69, 9.17) is 17.0 Å². The van der Waals surface area contributed by atoms with Crippen molar-refractivity contribution in [3.8, 4) is 5.75 Å². The lowest BCUT2D eigenvalue weighted by molar-refractivity contribution is -0.147. The van der Waals surface area contributed by atoms with Gasteiger partial charge in [-0.05, 0) is 72.5 Å². The third kappa shape index (κ3) is 6.49. The van der Waals surface area contributed by atoms with Gasteiger partial charge < -0.3 is 25.2 Å². The Balaban J connectivity index is 1.44. The normalized spacial score (nSPS) is 18.0. The zero-order valence-corrected chi connectivity index (χ0v) is 24.5. The number of carbonyl (C=O) groups is 2. The van der Waals surface area contributed by atoms with E-state index in [-0.39, 0.29) is 30.9 Å². The second-order valence-corrected chi connectivity index (χ2v) is 11.8. The quantitative estimate of drug-likeness (QED) is 0.339. The van der Waals surface area contributed by atoms with Gasteiger partial charge in [0.05, 0.1) is 19.7 Å². The lowest BCUT2D eigenvalue weighted by Crippen LogP contribution is -2.62. The number of rotatable bonds is 9. The molecule has 0 aliphatic carbocycles. The minimum Gasteiger partial charge on any atom is -0.497 e. The number of halogens is 1. The van der Waals surface area contributed by atoms with Crippen molar-refractivity contribution in [2.75, 3.05) is 37.0 Å². The molecule has 2 amide bonds. The highest BCUT2D eigenvalue weighted by atomic mass is 32.2. The van der Waals surface area contributed by atoms with Crippen LogP contribution >= 0.6 is 24.0 Å². The molecule has 1 atom stereocenters. The molecule has 0 radical (unpaired) electrons. The van der Waals surface area contributed by atoms with Gasteiger partial charge in [0.25, 0.3) is 0 Å². The molecule has 2 saturated heterocycles. The average molecular weight is 593 g/mol. The fourth-order valence-electron chi connectivity index (χ4n) is 5.37. The van der Waals surface area contributed by atoms with Crippen molar-refractivity contribution in [2.24, 2.45) is 0 Å². The van der Waals surface area contributed by atoms with Crippen molar-refractivity contribution in [3.05, 3.63) is 95.8 Å². The monoisotopic (exact) mass is 592 g/mol. The summed E-state index contributed by atoms with van der Waals surface area (Å²) < 4.78 is 20.2. The first kappa shape index (κ1) is 28.9. The van der Waals surface area contributed by atoms with Crippen LogP contribution in [0.2, 0.25) is 0 Å². The standard InChI is InChI=1S/C31H33FN4O3S2/c1-39-25-13-11-24(12-14-25)33-29(38)31(15-17-41-18-16-31)36(19-23-9-5-6-10-26(23)32)28(37)21-35-20-27(34-30(35)40)22-7-3-2-4-8-22/h2-14,27H,15-21H2,1H3,(H,33,38)(H,34,40)/t27-/m0/s1. The molecule has 3 aromatic carbocycles. The Morgan fingerprint density at radius 3 is 2.44 bits per heavy atom. The topological polar surface area (TPSA) is 73.9 Å². The minimum atomic E-state index is -1.15. The third-order valence-corrected chi connectivity index (χ3v) is 9.07. The summed E-state index contributed by atoms with van der Waals surface area (Å²) in [5, 5.41) is 6.82. The van der Waals surface area contributed by atoms with E-state index < -0.39 is 11.4 Å². The van der Waals surface area contributed by atoms with Gasteiger partial charge in [0.1, 0.15) is 17.1 Å². The Hall–Kier alpha value is -3.63. The summed E-state index contributed by atoms with van der Waals surface area (Å²) in [5.41, 5.74) is 0.882. The maximum atomic E-state index is 14.9. The van der Waals surface area contributed by atoms with Crippen LogP contribution in [0.25, 0.3) is 0 Å². The molecule has 2 aliphatic heterocycles. The number of benzene rings is 3. The van der Waals surface area contributed by atoms with Crippen LogP contribution in [0.3, 0.4) is 0 Å². The zero-order chi connectivity index (χ0) is 28.8. The molecule has 0 spiro atoms. The second-order valence-electron chi connectivity index (χ2n) is 10.2. The van der Waals surface area contributed by atoms with Crippen molar-refractivity contribution >= 4 is 46.6 Å². The van der Waals surface area contributed by atoms with E-state index in [1.807, 2.05) is 35.2 Å². The highest BCUT2D eigenvalue weighted by molar-refractivity contribution is 7.99. The molecule has 0 aromatic heterocycles. The highest BCUT2D eigenvalue weighted by Crippen LogP contribution is 2.36. The number of anilines is 1. The maximum Gasteiger partial charge on any atom is 0.250 e. The zero-order valence-electron chi connectivity index (χ0n) is 22.8. The van der Waals surface area contributed by atoms with E-state index in [1.165, 1.54) is 6.07 Å². The largest absolute Gasteiger partial charge is 0.497 e. The SMILES string of the molecule is COc1ccc(NC(=O)C2(N(Cc3ccccc3F)C(=O)CN3C[C@@H](c4ccccc4)NC3=S)CCSCC2)cc1. The maximum absolute atomic E-state index is 14.9. The third-order valence-electron chi connectivity index (χ3n) is 7.71. The molecule has 7 nitrogen and oxygen atoms in total. The molecule has 10 heteroatoms. The molecule has 5 rings (SSSR count). The number of hydrogen-bond donors (Lipinski definition) is 2.